The molecule has 1 heterocycles. The highest BCUT2D eigenvalue weighted by molar-refractivity contribution is 6.30. The van der Waals surface area contributed by atoms with Crippen LogP contribution in [0.2, 0.25) is 5.02 Å². The Kier molecular flexibility index (Phi) is 4.61. The molecule has 1 atom stereocenters. The summed E-state index contributed by atoms with van der Waals surface area (Å²) in [7, 11) is 0. The Morgan fingerprint density at radius 2 is 2.33 bits per heavy atom. The Hall–Kier alpha value is -1.06. The fraction of sp³-hybridized carbons (Fsp3) is 0.500. The summed E-state index contributed by atoms with van der Waals surface area (Å²) in [5, 5.41) is 7.02. The van der Waals surface area contributed by atoms with E-state index in [0.29, 0.717) is 17.5 Å². The van der Waals surface area contributed by atoms with Crippen LogP contribution in [0.1, 0.15) is 31.2 Å². The zero-order valence-corrected chi connectivity index (χ0v) is 11.4. The summed E-state index contributed by atoms with van der Waals surface area (Å²) in [6, 6.07) is 5.83. The quantitative estimate of drug-likeness (QED) is 0.883. The lowest BCUT2D eigenvalue weighted by Gasteiger charge is -2.23. The van der Waals surface area contributed by atoms with Gasteiger partial charge in [-0.05, 0) is 50.1 Å². The average molecular weight is 267 g/mol. The summed E-state index contributed by atoms with van der Waals surface area (Å²) in [4.78, 5) is 11.9. The van der Waals surface area contributed by atoms with Crippen molar-refractivity contribution in [3.05, 3.63) is 28.8 Å². The highest BCUT2D eigenvalue weighted by atomic mass is 35.5. The Morgan fingerprint density at radius 3 is 3.00 bits per heavy atom. The van der Waals surface area contributed by atoms with Crippen LogP contribution in [0.5, 0.6) is 0 Å². The molecule has 1 aliphatic heterocycles. The molecule has 2 rings (SSSR count). The van der Waals surface area contributed by atoms with Crippen LogP contribution in [0, 0.1) is 6.92 Å². The van der Waals surface area contributed by atoms with Gasteiger partial charge in [-0.15, -0.1) is 0 Å². The first-order chi connectivity index (χ1) is 8.65. The minimum atomic E-state index is 0.0693. The van der Waals surface area contributed by atoms with E-state index in [1.54, 1.807) is 6.07 Å². The number of carbonyl (C=O) groups excluding carboxylic acids is 1. The third-order valence-corrected chi connectivity index (χ3v) is 3.54. The van der Waals surface area contributed by atoms with E-state index in [2.05, 4.69) is 10.6 Å². The zero-order valence-electron chi connectivity index (χ0n) is 10.6. The first kappa shape index (κ1) is 13.4. The molecule has 0 bridgehead atoms. The fourth-order valence-corrected chi connectivity index (χ4v) is 2.52. The molecule has 1 aromatic carbocycles. The van der Waals surface area contributed by atoms with E-state index in [0.717, 1.165) is 24.2 Å². The van der Waals surface area contributed by atoms with Gasteiger partial charge in [0.05, 0.1) is 0 Å². The number of amides is 1. The summed E-state index contributed by atoms with van der Waals surface area (Å²) in [6.07, 6.45) is 4.06. The lowest BCUT2D eigenvalue weighted by atomic mass is 10.0. The number of piperidine rings is 1. The molecule has 18 heavy (non-hydrogen) atoms. The van der Waals surface area contributed by atoms with E-state index in [1.165, 1.54) is 12.8 Å². The van der Waals surface area contributed by atoms with Gasteiger partial charge < -0.3 is 10.6 Å². The number of carbonyl (C=O) groups is 1. The fourth-order valence-electron chi connectivity index (χ4n) is 2.29. The number of rotatable bonds is 3. The van der Waals surface area contributed by atoms with E-state index in [9.17, 15) is 4.79 Å². The predicted molar refractivity (Wildman–Crippen MR) is 75.1 cm³/mol. The minimum Gasteiger partial charge on any atom is -0.326 e. The van der Waals surface area contributed by atoms with Gasteiger partial charge in [0.1, 0.15) is 0 Å². The summed E-state index contributed by atoms with van der Waals surface area (Å²) >= 11 is 5.89. The number of nitrogens with one attached hydrogen (secondary N) is 2. The van der Waals surface area contributed by atoms with Crippen LogP contribution in [-0.2, 0) is 4.79 Å². The molecule has 98 valence electrons. The van der Waals surface area contributed by atoms with Gasteiger partial charge >= 0.3 is 0 Å². The van der Waals surface area contributed by atoms with Crippen molar-refractivity contribution in [2.75, 3.05) is 11.9 Å². The third-order valence-electron chi connectivity index (χ3n) is 3.31. The van der Waals surface area contributed by atoms with Gasteiger partial charge in [-0.25, -0.2) is 0 Å². The first-order valence-electron chi connectivity index (χ1n) is 6.44. The van der Waals surface area contributed by atoms with E-state index in [-0.39, 0.29) is 5.91 Å². The van der Waals surface area contributed by atoms with E-state index >= 15 is 0 Å². The summed E-state index contributed by atoms with van der Waals surface area (Å²) in [6.45, 7) is 2.97. The summed E-state index contributed by atoms with van der Waals surface area (Å²) in [5.74, 6) is 0.0693. The van der Waals surface area contributed by atoms with E-state index in [4.69, 9.17) is 11.6 Å². The normalized spacial score (nSPS) is 19.6. The van der Waals surface area contributed by atoms with Crippen molar-refractivity contribution in [1.82, 2.24) is 5.32 Å². The predicted octanol–water partition coefficient (Wildman–Crippen LogP) is 3.12. The zero-order chi connectivity index (χ0) is 13.0. The lowest BCUT2D eigenvalue weighted by Crippen LogP contribution is -2.37. The van der Waals surface area contributed by atoms with Crippen molar-refractivity contribution in [3.63, 3.8) is 0 Å². The number of hydrogen-bond acceptors (Lipinski definition) is 2. The number of aryl methyl sites for hydroxylation is 1. The van der Waals surface area contributed by atoms with Gasteiger partial charge in [-0.1, -0.05) is 18.0 Å². The molecule has 3 nitrogen and oxygen atoms in total. The molecule has 0 aliphatic carbocycles. The topological polar surface area (TPSA) is 41.1 Å². The Morgan fingerprint density at radius 1 is 1.50 bits per heavy atom. The molecule has 4 heteroatoms. The second-order valence-corrected chi connectivity index (χ2v) is 5.29. The molecule has 0 aromatic heterocycles. The molecule has 2 N–H and O–H groups in total. The van der Waals surface area contributed by atoms with Crippen molar-refractivity contribution >= 4 is 23.2 Å². The van der Waals surface area contributed by atoms with Gasteiger partial charge in [0.2, 0.25) is 5.91 Å². The van der Waals surface area contributed by atoms with Crippen LogP contribution in [0.15, 0.2) is 18.2 Å². The van der Waals surface area contributed by atoms with Crippen LogP contribution in [-0.4, -0.2) is 18.5 Å². The summed E-state index contributed by atoms with van der Waals surface area (Å²) < 4.78 is 0. The molecule has 1 fully saturated rings. The smallest absolute Gasteiger partial charge is 0.225 e. The molecule has 1 aliphatic rings. The monoisotopic (exact) mass is 266 g/mol. The molecular weight excluding hydrogens is 248 g/mol. The van der Waals surface area contributed by atoms with E-state index < -0.39 is 0 Å². The highest BCUT2D eigenvalue weighted by Crippen LogP contribution is 2.20. The molecule has 1 amide bonds. The van der Waals surface area contributed by atoms with Crippen LogP contribution in [0.3, 0.4) is 0 Å². The SMILES string of the molecule is Cc1cc(Cl)ccc1NC(=O)CC1CCCCN1. The van der Waals surface area contributed by atoms with Crippen molar-refractivity contribution < 1.29 is 4.79 Å². The van der Waals surface area contributed by atoms with E-state index in [1.807, 2.05) is 19.1 Å². The average Bonchev–Trinajstić information content (AvgIpc) is 2.34. The maximum absolute atomic E-state index is 11.9. The maximum atomic E-state index is 11.9. The molecule has 1 aromatic rings. The van der Waals surface area contributed by atoms with Crippen molar-refractivity contribution in [2.24, 2.45) is 0 Å². The van der Waals surface area contributed by atoms with Gasteiger partial charge in [0.25, 0.3) is 0 Å². The van der Waals surface area contributed by atoms with Gasteiger partial charge in [-0.2, -0.15) is 0 Å². The van der Waals surface area contributed by atoms with Crippen molar-refractivity contribution in [3.8, 4) is 0 Å². The standard InChI is InChI=1S/C14H19ClN2O/c1-10-8-11(15)5-6-13(10)17-14(18)9-12-4-2-3-7-16-12/h5-6,8,12,16H,2-4,7,9H2,1H3,(H,17,18). The van der Waals surface area contributed by atoms with Crippen LogP contribution < -0.4 is 10.6 Å². The van der Waals surface area contributed by atoms with Crippen LogP contribution >= 0.6 is 11.6 Å². The Balaban J connectivity index is 1.90. The Bertz CT molecular complexity index is 428. The highest BCUT2D eigenvalue weighted by Gasteiger charge is 2.16. The van der Waals surface area contributed by atoms with Crippen molar-refractivity contribution in [2.45, 2.75) is 38.6 Å². The third kappa shape index (κ3) is 3.72. The van der Waals surface area contributed by atoms with Crippen molar-refractivity contribution in [1.29, 1.82) is 0 Å². The second-order valence-electron chi connectivity index (χ2n) is 4.86. The number of halogens is 1. The Labute approximate surface area is 113 Å². The first-order valence-corrected chi connectivity index (χ1v) is 6.82. The minimum absolute atomic E-state index is 0.0693. The van der Waals surface area contributed by atoms with Gasteiger partial charge in [-0.3, -0.25) is 4.79 Å². The molecule has 0 spiro atoms. The molecule has 0 radical (unpaired) electrons. The van der Waals surface area contributed by atoms with Gasteiger partial charge in [0, 0.05) is 23.2 Å². The molecule has 0 saturated carbocycles. The number of anilines is 1. The molecule has 1 saturated heterocycles. The molecule has 1 unspecified atom stereocenters. The number of benzene rings is 1. The second kappa shape index (κ2) is 6.21. The summed E-state index contributed by atoms with van der Waals surface area (Å²) in [5.41, 5.74) is 1.84. The molecular formula is C14H19ClN2O. The van der Waals surface area contributed by atoms with Gasteiger partial charge in [0.15, 0.2) is 0 Å². The number of hydrogen-bond donors (Lipinski definition) is 2. The van der Waals surface area contributed by atoms with Crippen LogP contribution in [0.25, 0.3) is 0 Å². The largest absolute Gasteiger partial charge is 0.326 e. The maximum Gasteiger partial charge on any atom is 0.225 e. The lowest BCUT2D eigenvalue weighted by molar-refractivity contribution is -0.116. The van der Waals surface area contributed by atoms with Crippen LogP contribution in [0.4, 0.5) is 5.69 Å².